The molecule has 2 N–H and O–H groups in total. The molecule has 1 fully saturated rings. The summed E-state index contributed by atoms with van der Waals surface area (Å²) in [7, 11) is 0. The summed E-state index contributed by atoms with van der Waals surface area (Å²) in [4.78, 5) is 0. The molecule has 0 spiro atoms. The first-order chi connectivity index (χ1) is 16.2. The molecule has 1 aliphatic heterocycles. The Morgan fingerprint density at radius 2 is 2.00 bits per heavy atom. The van der Waals surface area contributed by atoms with Gasteiger partial charge in [-0.3, -0.25) is 0 Å². The molecule has 7 heteroatoms. The Hall–Kier alpha value is -3.50. The van der Waals surface area contributed by atoms with E-state index in [9.17, 15) is 18.4 Å². The molecule has 0 amide bonds. The van der Waals surface area contributed by atoms with Gasteiger partial charge in [0.15, 0.2) is 5.83 Å². The average Bonchev–Trinajstić information content (AvgIpc) is 3.18. The maximum absolute atomic E-state index is 13.3. The summed E-state index contributed by atoms with van der Waals surface area (Å²) in [5.41, 5.74) is 6.01. The van der Waals surface area contributed by atoms with Crippen LogP contribution in [0.2, 0.25) is 0 Å². The Morgan fingerprint density at radius 1 is 1.29 bits per heavy atom. The number of rotatable bonds is 11. The van der Waals surface area contributed by atoms with Gasteiger partial charge in [0, 0.05) is 24.1 Å². The molecule has 1 unspecified atom stereocenters. The molecule has 0 aromatic heterocycles. The maximum atomic E-state index is 13.3. The van der Waals surface area contributed by atoms with Gasteiger partial charge in [0.1, 0.15) is 12.1 Å². The van der Waals surface area contributed by atoms with Crippen molar-refractivity contribution in [3.05, 3.63) is 102 Å². The van der Waals surface area contributed by atoms with Crippen molar-refractivity contribution in [3.63, 3.8) is 0 Å². The van der Waals surface area contributed by atoms with E-state index in [1.165, 1.54) is 18.2 Å². The molecule has 4 nitrogen and oxygen atoms in total. The average molecular weight is 469 g/mol. The minimum Gasteiger partial charge on any atom is -0.356 e. The third-order valence-electron chi connectivity index (χ3n) is 5.85. The van der Waals surface area contributed by atoms with Crippen LogP contribution in [0.5, 0.6) is 0 Å². The topological polar surface area (TPSA) is 51.1 Å². The second-order valence-electron chi connectivity index (χ2n) is 8.30. The summed E-state index contributed by atoms with van der Waals surface area (Å²) in [6.45, 7) is 12.6. The number of nitriles is 1. The molecule has 1 aromatic rings. The predicted molar refractivity (Wildman–Crippen MR) is 132 cm³/mol. The molecule has 1 aliphatic rings. The molecule has 1 saturated heterocycles. The summed E-state index contributed by atoms with van der Waals surface area (Å²) in [5, 5.41) is 15.4. The molecule has 1 heterocycles. The van der Waals surface area contributed by atoms with Gasteiger partial charge in [-0.1, -0.05) is 30.9 Å². The van der Waals surface area contributed by atoms with Crippen LogP contribution < -0.4 is 10.7 Å². The molecule has 1 atom stereocenters. The molecule has 34 heavy (non-hydrogen) atoms. The molecule has 0 aliphatic carbocycles. The second kappa shape index (κ2) is 12.7. The van der Waals surface area contributed by atoms with E-state index in [0.29, 0.717) is 29.8 Å². The van der Waals surface area contributed by atoms with E-state index in [1.807, 2.05) is 18.9 Å². The third kappa shape index (κ3) is 7.00. The second-order valence-corrected chi connectivity index (χ2v) is 8.30. The molecule has 2 rings (SSSR count). The van der Waals surface area contributed by atoms with Crippen molar-refractivity contribution in [1.82, 2.24) is 10.4 Å². The minimum atomic E-state index is -0.961. The monoisotopic (exact) mass is 468 g/mol. The van der Waals surface area contributed by atoms with Crippen molar-refractivity contribution >= 4 is 5.69 Å². The Balaban J connectivity index is 2.40. The van der Waals surface area contributed by atoms with E-state index in [4.69, 9.17) is 0 Å². The Morgan fingerprint density at radius 3 is 2.62 bits per heavy atom. The van der Waals surface area contributed by atoms with E-state index in [-0.39, 0.29) is 12.1 Å². The highest BCUT2D eigenvalue weighted by Gasteiger charge is 2.41. The lowest BCUT2D eigenvalue weighted by atomic mass is 9.84. The molecule has 0 radical (unpaired) electrons. The zero-order chi connectivity index (χ0) is 25.1. The lowest BCUT2D eigenvalue weighted by molar-refractivity contribution is 0.148. The van der Waals surface area contributed by atoms with Crippen LogP contribution in [-0.2, 0) is 0 Å². The highest BCUT2D eigenvalue weighted by Crippen LogP contribution is 2.38. The van der Waals surface area contributed by atoms with Crippen molar-refractivity contribution in [2.75, 3.05) is 11.9 Å². The first-order valence-corrected chi connectivity index (χ1v) is 11.0. The van der Waals surface area contributed by atoms with Gasteiger partial charge >= 0.3 is 0 Å². The Kier molecular flexibility index (Phi) is 9.96. The normalized spacial score (nSPS) is 20.1. The van der Waals surface area contributed by atoms with Crippen LogP contribution in [0.1, 0.15) is 39.5 Å². The van der Waals surface area contributed by atoms with E-state index >= 15 is 0 Å². The number of benzene rings is 1. The fourth-order valence-electron chi connectivity index (χ4n) is 4.01. The highest BCUT2D eigenvalue weighted by molar-refractivity contribution is 5.56. The van der Waals surface area contributed by atoms with Crippen molar-refractivity contribution in [2.45, 2.75) is 45.1 Å². The number of allylic oxidation sites excluding steroid dienone is 6. The predicted octanol–water partition coefficient (Wildman–Crippen LogP) is 7.14. The van der Waals surface area contributed by atoms with Crippen LogP contribution >= 0.6 is 0 Å². The summed E-state index contributed by atoms with van der Waals surface area (Å²) in [5.74, 6) is -1.31. The number of hydrogen-bond donors (Lipinski definition) is 2. The van der Waals surface area contributed by atoms with Crippen molar-refractivity contribution in [2.24, 2.45) is 0 Å². The lowest BCUT2D eigenvalue weighted by Gasteiger charge is -2.36. The minimum absolute atomic E-state index is 0.101. The Bertz CT molecular complexity index is 1040. The summed E-state index contributed by atoms with van der Waals surface area (Å²) in [6.07, 6.45) is 8.41. The summed E-state index contributed by atoms with van der Waals surface area (Å²) in [6, 6.07) is 8.32. The maximum Gasteiger partial charge on any atom is 0.151 e. The SMILES string of the molecule is C=CNN1CCCC1(C)/C(C#N)=C(\CC/C(C)=C/C=C\C(F)=C\F)C(=C)Nc1ccc(F)cc1. The zero-order valence-electron chi connectivity index (χ0n) is 19.7. The first kappa shape index (κ1) is 26.7. The van der Waals surface area contributed by atoms with Crippen molar-refractivity contribution < 1.29 is 13.2 Å². The zero-order valence-corrected chi connectivity index (χ0v) is 19.7. The van der Waals surface area contributed by atoms with Crippen LogP contribution in [0.15, 0.2) is 96.4 Å². The van der Waals surface area contributed by atoms with Crippen LogP contribution in [-0.4, -0.2) is 17.1 Å². The summed E-state index contributed by atoms with van der Waals surface area (Å²) < 4.78 is 38.5. The van der Waals surface area contributed by atoms with Crippen molar-refractivity contribution in [3.8, 4) is 6.07 Å². The van der Waals surface area contributed by atoms with Gasteiger partial charge < -0.3 is 10.7 Å². The van der Waals surface area contributed by atoms with Gasteiger partial charge in [-0.05, 0) is 75.4 Å². The molecular formula is C27H31F3N4. The number of anilines is 1. The standard InChI is InChI=1S/C27H31F3N4/c1-5-32-34-17-7-16-27(34,4)26(19-31)25(15-10-20(2)8-6-9-23(30)18-28)21(3)33-24-13-11-22(29)12-14-24/h5-6,8-9,11-14,18,32-33H,1,3,7,10,15-17H2,2,4H3/b9-6-,20-8+,23-18-,26-25+. The number of hydrogen-bond acceptors (Lipinski definition) is 4. The van der Waals surface area contributed by atoms with Gasteiger partial charge in [-0.2, -0.15) is 5.26 Å². The summed E-state index contributed by atoms with van der Waals surface area (Å²) >= 11 is 0. The first-order valence-electron chi connectivity index (χ1n) is 11.0. The number of nitrogens with zero attached hydrogens (tertiary/aromatic N) is 2. The third-order valence-corrected chi connectivity index (χ3v) is 5.85. The fraction of sp³-hybridized carbons (Fsp3) is 0.296. The molecule has 0 bridgehead atoms. The van der Waals surface area contributed by atoms with E-state index in [1.54, 1.807) is 24.4 Å². The fourth-order valence-corrected chi connectivity index (χ4v) is 4.01. The highest BCUT2D eigenvalue weighted by atomic mass is 19.2. The number of halogens is 3. The van der Waals surface area contributed by atoms with Crippen LogP contribution in [0, 0.1) is 17.1 Å². The Labute approximate surface area is 200 Å². The van der Waals surface area contributed by atoms with Crippen LogP contribution in [0.3, 0.4) is 0 Å². The smallest absolute Gasteiger partial charge is 0.151 e. The number of hydrazine groups is 1. The van der Waals surface area contributed by atoms with E-state index in [2.05, 4.69) is 30.0 Å². The molecule has 1 aromatic carbocycles. The van der Waals surface area contributed by atoms with Crippen molar-refractivity contribution in [1.29, 1.82) is 5.26 Å². The quantitative estimate of drug-likeness (QED) is 0.268. The van der Waals surface area contributed by atoms with Gasteiger partial charge in [0.25, 0.3) is 0 Å². The van der Waals surface area contributed by atoms with E-state index < -0.39 is 11.4 Å². The largest absolute Gasteiger partial charge is 0.356 e. The molecular weight excluding hydrogens is 437 g/mol. The molecule has 0 saturated carbocycles. The number of nitrogens with one attached hydrogen (secondary N) is 2. The van der Waals surface area contributed by atoms with E-state index in [0.717, 1.165) is 36.6 Å². The van der Waals surface area contributed by atoms with Crippen LogP contribution in [0.25, 0.3) is 0 Å². The van der Waals surface area contributed by atoms with Gasteiger partial charge in [-0.15, -0.1) is 0 Å². The van der Waals surface area contributed by atoms with Gasteiger partial charge in [-0.25, -0.2) is 18.2 Å². The molecule has 180 valence electrons. The van der Waals surface area contributed by atoms with Gasteiger partial charge in [0.05, 0.1) is 17.2 Å². The van der Waals surface area contributed by atoms with Crippen LogP contribution in [0.4, 0.5) is 18.9 Å². The van der Waals surface area contributed by atoms with Gasteiger partial charge in [0.2, 0.25) is 0 Å². The lowest BCUT2D eigenvalue weighted by Crippen LogP contribution is -2.49.